The number of aromatic nitrogens is 1. The second-order valence-electron chi connectivity index (χ2n) is 6.36. The Bertz CT molecular complexity index is 796. The summed E-state index contributed by atoms with van der Waals surface area (Å²) in [7, 11) is 0. The maximum atomic E-state index is 12.6. The van der Waals surface area contributed by atoms with Crippen molar-refractivity contribution in [2.75, 3.05) is 5.75 Å². The summed E-state index contributed by atoms with van der Waals surface area (Å²) in [6.07, 6.45) is 6.80. The zero-order valence-electron chi connectivity index (χ0n) is 14.4. The third kappa shape index (κ3) is 3.85. The Hall–Kier alpha value is -1.53. The topological polar surface area (TPSA) is 59.3 Å². The average Bonchev–Trinajstić information content (AvgIpc) is 3.24. The third-order valence-corrected chi connectivity index (χ3v) is 6.62. The highest BCUT2D eigenvalue weighted by Crippen LogP contribution is 2.42. The third-order valence-electron chi connectivity index (χ3n) is 4.58. The molecule has 0 fully saturated rings. The van der Waals surface area contributed by atoms with Gasteiger partial charge in [-0.25, -0.2) is 4.79 Å². The molecule has 0 spiro atoms. The van der Waals surface area contributed by atoms with Crippen LogP contribution in [0.25, 0.3) is 10.4 Å². The number of unbranched alkanes of at least 4 members (excludes halogenated alkanes) is 4. The minimum atomic E-state index is -0.933. The van der Waals surface area contributed by atoms with E-state index in [1.54, 1.807) is 17.4 Å². The summed E-state index contributed by atoms with van der Waals surface area (Å²) in [5, 5.41) is 12.3. The van der Waals surface area contributed by atoms with Gasteiger partial charge in [-0.1, -0.05) is 38.7 Å². The fraction of sp³-hybridized carbons (Fsp3) is 0.474. The largest absolute Gasteiger partial charge is 0.480 e. The quantitative estimate of drug-likeness (QED) is 0.670. The molecule has 1 aliphatic heterocycles. The normalized spacial score (nSPS) is 16.1. The minimum absolute atomic E-state index is 0.184. The van der Waals surface area contributed by atoms with Gasteiger partial charge in [-0.2, -0.15) is 0 Å². The Morgan fingerprint density at radius 2 is 2.12 bits per heavy atom. The van der Waals surface area contributed by atoms with E-state index in [1.165, 1.54) is 42.0 Å². The maximum absolute atomic E-state index is 12.6. The molecule has 0 aliphatic carbocycles. The van der Waals surface area contributed by atoms with E-state index < -0.39 is 12.0 Å². The summed E-state index contributed by atoms with van der Waals surface area (Å²) in [6.45, 7) is 2.20. The molecule has 134 valence electrons. The van der Waals surface area contributed by atoms with Crippen molar-refractivity contribution in [2.24, 2.45) is 0 Å². The zero-order chi connectivity index (χ0) is 17.8. The van der Waals surface area contributed by atoms with Gasteiger partial charge in [-0.3, -0.25) is 9.36 Å². The van der Waals surface area contributed by atoms with Crippen LogP contribution in [0.1, 0.15) is 50.6 Å². The van der Waals surface area contributed by atoms with Crippen molar-refractivity contribution in [1.29, 1.82) is 0 Å². The maximum Gasteiger partial charge on any atom is 0.327 e. The summed E-state index contributed by atoms with van der Waals surface area (Å²) < 4.78 is 1.47. The van der Waals surface area contributed by atoms with E-state index >= 15 is 0 Å². The van der Waals surface area contributed by atoms with Crippen LogP contribution < -0.4 is 5.56 Å². The first kappa shape index (κ1) is 18.3. The molecular weight excluding hydrogens is 354 g/mol. The Labute approximate surface area is 155 Å². The summed E-state index contributed by atoms with van der Waals surface area (Å²) in [5.41, 5.74) is 1.95. The second-order valence-corrected chi connectivity index (χ2v) is 8.32. The molecule has 1 atom stereocenters. The second kappa shape index (κ2) is 8.23. The van der Waals surface area contributed by atoms with Crippen molar-refractivity contribution in [1.82, 2.24) is 4.57 Å². The van der Waals surface area contributed by atoms with E-state index in [0.29, 0.717) is 5.75 Å². The molecule has 3 heterocycles. The number of nitrogens with zero attached hydrogens (tertiary/aromatic N) is 1. The molecule has 1 aliphatic rings. The molecule has 0 radical (unpaired) electrons. The van der Waals surface area contributed by atoms with E-state index in [4.69, 9.17) is 0 Å². The molecule has 0 saturated heterocycles. The number of fused-ring (bicyclic) bond motifs is 1. The van der Waals surface area contributed by atoms with E-state index in [2.05, 4.69) is 13.0 Å². The molecule has 6 heteroatoms. The van der Waals surface area contributed by atoms with Crippen molar-refractivity contribution < 1.29 is 9.90 Å². The Morgan fingerprint density at radius 1 is 1.32 bits per heavy atom. The lowest BCUT2D eigenvalue weighted by Crippen LogP contribution is -2.29. The van der Waals surface area contributed by atoms with Crippen LogP contribution in [-0.4, -0.2) is 21.4 Å². The van der Waals surface area contributed by atoms with Gasteiger partial charge >= 0.3 is 5.97 Å². The lowest BCUT2D eigenvalue weighted by atomic mass is 10.0. The van der Waals surface area contributed by atoms with Gasteiger partial charge < -0.3 is 5.11 Å². The SMILES string of the molecule is CCCCCCCc1cc(=O)n2c(c1-c1cccs1)SC[C@H]2C(=O)O. The first-order valence-electron chi connectivity index (χ1n) is 8.81. The molecule has 0 aromatic carbocycles. The number of thiophene rings is 1. The summed E-state index contributed by atoms with van der Waals surface area (Å²) in [5.74, 6) is -0.513. The predicted octanol–water partition coefficient (Wildman–Crippen LogP) is 4.82. The number of hydrogen-bond acceptors (Lipinski definition) is 4. The highest BCUT2D eigenvalue weighted by atomic mass is 32.2. The molecule has 25 heavy (non-hydrogen) atoms. The van der Waals surface area contributed by atoms with Crippen LogP contribution >= 0.6 is 23.1 Å². The molecule has 4 nitrogen and oxygen atoms in total. The summed E-state index contributed by atoms with van der Waals surface area (Å²) in [6, 6.07) is 4.97. The van der Waals surface area contributed by atoms with E-state index in [1.807, 2.05) is 11.4 Å². The van der Waals surface area contributed by atoms with Crippen molar-refractivity contribution in [3.05, 3.63) is 39.5 Å². The van der Waals surface area contributed by atoms with Gasteiger partial charge in [0.15, 0.2) is 0 Å². The Kier molecular flexibility index (Phi) is 6.02. The fourth-order valence-electron chi connectivity index (χ4n) is 3.30. The number of pyridine rings is 1. The number of rotatable bonds is 8. The van der Waals surface area contributed by atoms with Crippen molar-refractivity contribution in [3.63, 3.8) is 0 Å². The Morgan fingerprint density at radius 3 is 2.80 bits per heavy atom. The number of carboxylic acid groups (broad SMARTS) is 1. The zero-order valence-corrected chi connectivity index (χ0v) is 16.0. The lowest BCUT2D eigenvalue weighted by molar-refractivity contribution is -0.140. The summed E-state index contributed by atoms with van der Waals surface area (Å²) in [4.78, 5) is 25.2. The van der Waals surface area contributed by atoms with Gasteiger partial charge in [0.05, 0.1) is 5.03 Å². The predicted molar refractivity (Wildman–Crippen MR) is 104 cm³/mol. The van der Waals surface area contributed by atoms with Crippen LogP contribution in [0.3, 0.4) is 0 Å². The van der Waals surface area contributed by atoms with Gasteiger partial charge in [-0.15, -0.1) is 23.1 Å². The van der Waals surface area contributed by atoms with Crippen molar-refractivity contribution >= 4 is 29.1 Å². The van der Waals surface area contributed by atoms with E-state index in [9.17, 15) is 14.7 Å². The minimum Gasteiger partial charge on any atom is -0.480 e. The fourth-order valence-corrected chi connectivity index (χ4v) is 5.52. The smallest absolute Gasteiger partial charge is 0.327 e. The number of hydrogen-bond donors (Lipinski definition) is 1. The van der Waals surface area contributed by atoms with Crippen molar-refractivity contribution in [3.8, 4) is 10.4 Å². The molecule has 2 aromatic rings. The van der Waals surface area contributed by atoms with Crippen LogP contribution in [0, 0.1) is 0 Å². The van der Waals surface area contributed by atoms with Gasteiger partial charge in [-0.05, 0) is 29.9 Å². The molecule has 2 aromatic heterocycles. The van der Waals surface area contributed by atoms with Crippen LogP contribution in [0.2, 0.25) is 0 Å². The molecule has 0 bridgehead atoms. The number of aliphatic carboxylic acids is 1. The van der Waals surface area contributed by atoms with Gasteiger partial charge in [0.2, 0.25) is 0 Å². The van der Waals surface area contributed by atoms with Gasteiger partial charge in [0, 0.05) is 22.3 Å². The first-order chi connectivity index (χ1) is 12.1. The highest BCUT2D eigenvalue weighted by Gasteiger charge is 2.33. The van der Waals surface area contributed by atoms with E-state index in [0.717, 1.165) is 33.9 Å². The standard InChI is InChI=1S/C19H23NO3S2/c1-2-3-4-5-6-8-13-11-16(21)20-14(19(22)23)12-25-18(20)17(13)15-9-7-10-24-15/h7,9-11,14H,2-6,8,12H2,1H3,(H,22,23)/t14-/m0/s1. The molecule has 0 amide bonds. The number of aryl methyl sites for hydroxylation is 1. The molecule has 1 N–H and O–H groups in total. The first-order valence-corrected chi connectivity index (χ1v) is 10.7. The molecule has 0 saturated carbocycles. The number of thioether (sulfide) groups is 1. The average molecular weight is 378 g/mol. The van der Waals surface area contributed by atoms with E-state index in [-0.39, 0.29) is 5.56 Å². The molecule has 0 unspecified atom stereocenters. The van der Waals surface area contributed by atoms with Crippen LogP contribution in [0.5, 0.6) is 0 Å². The molecule has 3 rings (SSSR count). The molecular formula is C19H23NO3S2. The monoisotopic (exact) mass is 377 g/mol. The van der Waals surface area contributed by atoms with Crippen LogP contribution in [0.15, 0.2) is 33.4 Å². The van der Waals surface area contributed by atoms with Crippen molar-refractivity contribution in [2.45, 2.75) is 56.5 Å². The highest BCUT2D eigenvalue weighted by molar-refractivity contribution is 7.99. The lowest BCUT2D eigenvalue weighted by Gasteiger charge is -2.15. The van der Waals surface area contributed by atoms with Crippen LogP contribution in [0.4, 0.5) is 0 Å². The summed E-state index contributed by atoms with van der Waals surface area (Å²) >= 11 is 3.14. The Balaban J connectivity index is 1.97. The van der Waals surface area contributed by atoms with Gasteiger partial charge in [0.1, 0.15) is 6.04 Å². The number of carboxylic acids is 1. The number of carbonyl (C=O) groups is 1. The van der Waals surface area contributed by atoms with Gasteiger partial charge in [0.25, 0.3) is 5.56 Å². The van der Waals surface area contributed by atoms with Crippen LogP contribution in [-0.2, 0) is 11.2 Å².